The number of benzene rings is 1. The molecule has 0 saturated carbocycles. The van der Waals surface area contributed by atoms with Gasteiger partial charge in [-0.25, -0.2) is 9.97 Å². The molecule has 0 bridgehead atoms. The maximum absolute atomic E-state index is 13.0. The van der Waals surface area contributed by atoms with Gasteiger partial charge < -0.3 is 14.2 Å². The van der Waals surface area contributed by atoms with E-state index in [1.54, 1.807) is 24.5 Å². The highest BCUT2D eigenvalue weighted by Gasteiger charge is 2.38. The molecule has 1 fully saturated rings. The summed E-state index contributed by atoms with van der Waals surface area (Å²) < 4.78 is 7.35. The van der Waals surface area contributed by atoms with Crippen molar-refractivity contribution in [3.63, 3.8) is 0 Å². The molecule has 0 aliphatic carbocycles. The lowest BCUT2D eigenvalue weighted by Gasteiger charge is -2.22. The van der Waals surface area contributed by atoms with Gasteiger partial charge in [0.25, 0.3) is 5.91 Å². The Kier molecular flexibility index (Phi) is 4.02. The summed E-state index contributed by atoms with van der Waals surface area (Å²) in [5.41, 5.74) is 1.59. The van der Waals surface area contributed by atoms with E-state index in [-0.39, 0.29) is 18.1 Å². The maximum atomic E-state index is 13.0. The van der Waals surface area contributed by atoms with Crippen LogP contribution < -0.4 is 0 Å². The molecule has 3 aromatic rings. The zero-order valence-electron chi connectivity index (χ0n) is 13.7. The standard InChI is InChI=1S/C17H18N6O2/c1-25-14-8-15(16-19-10-20-21-16)23(9-14)17(24)12-2-4-13(5-3-12)22-7-6-18-11-22/h2-7,10-11,14-15H,8-9H2,1H3,(H,19,20,21)/t14-,15+/m1/s1. The number of aromatic amines is 1. The highest BCUT2D eigenvalue weighted by molar-refractivity contribution is 5.94. The number of aromatic nitrogens is 5. The van der Waals surface area contributed by atoms with Crippen LogP contribution in [-0.4, -0.2) is 55.3 Å². The summed E-state index contributed by atoms with van der Waals surface area (Å²) in [6, 6.07) is 7.31. The number of nitrogens with zero attached hydrogens (tertiary/aromatic N) is 5. The summed E-state index contributed by atoms with van der Waals surface area (Å²) in [5, 5.41) is 6.77. The smallest absolute Gasteiger partial charge is 0.254 e. The fraction of sp³-hybridized carbons (Fsp3) is 0.294. The number of nitrogens with one attached hydrogen (secondary N) is 1. The lowest BCUT2D eigenvalue weighted by molar-refractivity contribution is 0.0684. The SMILES string of the molecule is CO[C@@H]1C[C@@H](c2ncn[nH]2)N(C(=O)c2ccc(-n3ccnc3)cc2)C1. The lowest BCUT2D eigenvalue weighted by Crippen LogP contribution is -2.32. The third-order valence-electron chi connectivity index (χ3n) is 4.52. The molecule has 3 heterocycles. The number of imidazole rings is 1. The Hall–Kier alpha value is -3.00. The molecule has 1 N–H and O–H groups in total. The van der Waals surface area contributed by atoms with Gasteiger partial charge in [-0.1, -0.05) is 0 Å². The van der Waals surface area contributed by atoms with E-state index in [1.165, 1.54) is 6.33 Å². The molecule has 1 amide bonds. The van der Waals surface area contributed by atoms with Gasteiger partial charge >= 0.3 is 0 Å². The van der Waals surface area contributed by atoms with Crippen LogP contribution in [0.4, 0.5) is 0 Å². The van der Waals surface area contributed by atoms with Crippen molar-refractivity contribution in [1.29, 1.82) is 0 Å². The van der Waals surface area contributed by atoms with Crippen LogP contribution in [0.2, 0.25) is 0 Å². The summed E-state index contributed by atoms with van der Waals surface area (Å²) in [5.74, 6) is 0.640. The van der Waals surface area contributed by atoms with Crippen molar-refractivity contribution in [1.82, 2.24) is 29.6 Å². The second kappa shape index (κ2) is 6.48. The van der Waals surface area contributed by atoms with E-state index < -0.39 is 0 Å². The van der Waals surface area contributed by atoms with Gasteiger partial charge in [-0.2, -0.15) is 5.10 Å². The number of H-pyrrole nitrogens is 1. The first-order valence-electron chi connectivity index (χ1n) is 8.03. The van der Waals surface area contributed by atoms with Gasteiger partial charge in [0.05, 0.1) is 18.5 Å². The predicted molar refractivity (Wildman–Crippen MR) is 89.1 cm³/mol. The zero-order valence-corrected chi connectivity index (χ0v) is 13.7. The van der Waals surface area contributed by atoms with Crippen molar-refractivity contribution in [2.75, 3.05) is 13.7 Å². The molecule has 1 aromatic carbocycles. The zero-order chi connectivity index (χ0) is 17.2. The Labute approximate surface area is 144 Å². The second-order valence-corrected chi connectivity index (χ2v) is 5.95. The van der Waals surface area contributed by atoms with E-state index in [9.17, 15) is 4.79 Å². The van der Waals surface area contributed by atoms with E-state index in [0.717, 1.165) is 5.69 Å². The van der Waals surface area contributed by atoms with Gasteiger partial charge in [-0.15, -0.1) is 0 Å². The van der Waals surface area contributed by atoms with E-state index in [0.29, 0.717) is 24.4 Å². The summed E-state index contributed by atoms with van der Waals surface area (Å²) in [6.07, 6.45) is 7.45. The van der Waals surface area contributed by atoms with Gasteiger partial charge in [0.15, 0.2) is 0 Å². The van der Waals surface area contributed by atoms with Gasteiger partial charge in [0.2, 0.25) is 0 Å². The normalized spacial score (nSPS) is 20.1. The quantitative estimate of drug-likeness (QED) is 0.780. The molecule has 0 radical (unpaired) electrons. The van der Waals surface area contributed by atoms with Crippen molar-refractivity contribution in [2.45, 2.75) is 18.6 Å². The monoisotopic (exact) mass is 338 g/mol. The molecule has 8 heteroatoms. The number of amides is 1. The minimum Gasteiger partial charge on any atom is -0.380 e. The molecule has 8 nitrogen and oxygen atoms in total. The van der Waals surface area contributed by atoms with Crippen LogP contribution in [0.15, 0.2) is 49.3 Å². The summed E-state index contributed by atoms with van der Waals surface area (Å²) in [7, 11) is 1.66. The van der Waals surface area contributed by atoms with Crippen LogP contribution >= 0.6 is 0 Å². The van der Waals surface area contributed by atoms with Crippen molar-refractivity contribution in [3.8, 4) is 5.69 Å². The molecule has 25 heavy (non-hydrogen) atoms. The third-order valence-corrected chi connectivity index (χ3v) is 4.52. The van der Waals surface area contributed by atoms with Crippen LogP contribution in [-0.2, 0) is 4.74 Å². The van der Waals surface area contributed by atoms with E-state index in [4.69, 9.17) is 4.74 Å². The molecule has 1 saturated heterocycles. The first-order valence-corrected chi connectivity index (χ1v) is 8.03. The Morgan fingerprint density at radius 3 is 2.80 bits per heavy atom. The number of carbonyl (C=O) groups is 1. The molecule has 2 atom stereocenters. The van der Waals surface area contributed by atoms with Crippen LogP contribution in [0.25, 0.3) is 5.69 Å². The Balaban J connectivity index is 1.58. The van der Waals surface area contributed by atoms with E-state index >= 15 is 0 Å². The Morgan fingerprint density at radius 2 is 2.16 bits per heavy atom. The van der Waals surface area contributed by atoms with Crippen LogP contribution in [0.5, 0.6) is 0 Å². The molecule has 1 aliphatic rings. The van der Waals surface area contributed by atoms with Gasteiger partial charge in [0, 0.05) is 43.7 Å². The highest BCUT2D eigenvalue weighted by Crippen LogP contribution is 2.32. The molecular formula is C17H18N6O2. The largest absolute Gasteiger partial charge is 0.380 e. The third kappa shape index (κ3) is 2.91. The highest BCUT2D eigenvalue weighted by atomic mass is 16.5. The molecule has 0 spiro atoms. The van der Waals surface area contributed by atoms with Crippen molar-refractivity contribution >= 4 is 5.91 Å². The van der Waals surface area contributed by atoms with Crippen molar-refractivity contribution < 1.29 is 9.53 Å². The fourth-order valence-electron chi connectivity index (χ4n) is 3.18. The van der Waals surface area contributed by atoms with Crippen LogP contribution in [0.1, 0.15) is 28.6 Å². The summed E-state index contributed by atoms with van der Waals surface area (Å²) in [6.45, 7) is 0.532. The maximum Gasteiger partial charge on any atom is 0.254 e. The molecule has 1 aliphatic heterocycles. The van der Waals surface area contributed by atoms with E-state index in [2.05, 4.69) is 20.2 Å². The van der Waals surface area contributed by atoms with Gasteiger partial charge in [-0.3, -0.25) is 9.89 Å². The minimum atomic E-state index is -0.159. The molecule has 4 rings (SSSR count). The topological polar surface area (TPSA) is 88.9 Å². The van der Waals surface area contributed by atoms with Gasteiger partial charge in [-0.05, 0) is 24.3 Å². The first-order chi connectivity index (χ1) is 12.3. The first kappa shape index (κ1) is 15.5. The average Bonchev–Trinajstić information content (AvgIpc) is 3.42. The number of ether oxygens (including phenoxy) is 1. The summed E-state index contributed by atoms with van der Waals surface area (Å²) >= 11 is 0. The second-order valence-electron chi connectivity index (χ2n) is 5.95. The molecule has 128 valence electrons. The number of carbonyl (C=O) groups excluding carboxylic acids is 1. The summed E-state index contributed by atoms with van der Waals surface area (Å²) in [4.78, 5) is 23.0. The number of methoxy groups -OCH3 is 1. The number of likely N-dealkylation sites (tertiary alicyclic amines) is 1. The Morgan fingerprint density at radius 1 is 1.32 bits per heavy atom. The van der Waals surface area contributed by atoms with Crippen molar-refractivity contribution in [2.24, 2.45) is 0 Å². The lowest BCUT2D eigenvalue weighted by atomic mass is 10.1. The van der Waals surface area contributed by atoms with Crippen molar-refractivity contribution in [3.05, 3.63) is 60.7 Å². The minimum absolute atomic E-state index is 0.00993. The number of rotatable bonds is 4. The average molecular weight is 338 g/mol. The number of hydrogen-bond acceptors (Lipinski definition) is 5. The molecule has 2 aromatic heterocycles. The predicted octanol–water partition coefficient (Wildman–Crippen LogP) is 1.59. The van der Waals surface area contributed by atoms with E-state index in [1.807, 2.05) is 35.0 Å². The van der Waals surface area contributed by atoms with Gasteiger partial charge in [0.1, 0.15) is 12.2 Å². The Bertz CT molecular complexity index is 829. The van der Waals surface area contributed by atoms with Crippen LogP contribution in [0.3, 0.4) is 0 Å². The number of hydrogen-bond donors (Lipinski definition) is 1. The van der Waals surface area contributed by atoms with Crippen LogP contribution in [0, 0.1) is 0 Å². The molecule has 0 unspecified atom stereocenters. The molecular weight excluding hydrogens is 320 g/mol. The fourth-order valence-corrected chi connectivity index (χ4v) is 3.18.